The first-order valence-corrected chi connectivity index (χ1v) is 11.8. The molecule has 2 N–H and O–H groups in total. The second kappa shape index (κ2) is 8.37. The smallest absolute Gasteiger partial charge is 0.138 e. The number of rotatable bonds is 4. The van der Waals surface area contributed by atoms with E-state index in [2.05, 4.69) is 25.9 Å². The van der Waals surface area contributed by atoms with Gasteiger partial charge in [0.2, 0.25) is 0 Å². The summed E-state index contributed by atoms with van der Waals surface area (Å²) in [6.07, 6.45) is 3.89. The average Bonchev–Trinajstić information content (AvgIpc) is 3.40. The van der Waals surface area contributed by atoms with Crippen LogP contribution in [0.3, 0.4) is 0 Å². The Bertz CT molecular complexity index is 1510. The molecule has 0 bridgehead atoms. The molecule has 0 radical (unpaired) electrons. The molecule has 0 unspecified atom stereocenters. The molecule has 34 heavy (non-hydrogen) atoms. The third-order valence-corrected chi connectivity index (χ3v) is 7.05. The number of aromatic nitrogens is 3. The Balaban J connectivity index is 1.47. The van der Waals surface area contributed by atoms with Crippen LogP contribution >= 0.6 is 0 Å². The number of pyridine rings is 1. The molecule has 5 aromatic rings. The fourth-order valence-electron chi connectivity index (χ4n) is 5.29. The Kier molecular flexibility index (Phi) is 5.18. The van der Waals surface area contributed by atoms with Gasteiger partial charge in [0.25, 0.3) is 0 Å². The van der Waals surface area contributed by atoms with Crippen LogP contribution in [0.2, 0.25) is 0 Å². The van der Waals surface area contributed by atoms with Gasteiger partial charge in [-0.15, -0.1) is 0 Å². The first-order chi connectivity index (χ1) is 16.6. The van der Waals surface area contributed by atoms with Crippen molar-refractivity contribution in [1.82, 2.24) is 19.9 Å². The average molecular weight is 457 g/mol. The number of aromatic amines is 1. The number of nitrogens with one attached hydrogen (secondary N) is 2. The lowest BCUT2D eigenvalue weighted by Gasteiger charge is -2.21. The molecule has 2 aromatic carbocycles. The highest BCUT2D eigenvalue weighted by Crippen LogP contribution is 2.36. The van der Waals surface area contributed by atoms with E-state index in [4.69, 9.17) is 0 Å². The summed E-state index contributed by atoms with van der Waals surface area (Å²) in [6, 6.07) is 16.2. The molecule has 1 saturated heterocycles. The van der Waals surface area contributed by atoms with Gasteiger partial charge in [-0.1, -0.05) is 12.1 Å². The van der Waals surface area contributed by atoms with Gasteiger partial charge in [-0.3, -0.25) is 0 Å². The predicted molar refractivity (Wildman–Crippen MR) is 132 cm³/mol. The number of fused-ring (bicyclic) bond motifs is 2. The number of aryl methyl sites for hydroxylation is 1. The molecule has 0 atom stereocenters. The van der Waals surface area contributed by atoms with Crippen molar-refractivity contribution in [2.24, 2.45) is 0 Å². The minimum atomic E-state index is -0.257. The zero-order valence-corrected chi connectivity index (χ0v) is 19.0. The lowest BCUT2D eigenvalue weighted by Crippen LogP contribution is -2.26. The SMILES string of the molecule is Cc1cc2cc(F)c(-c3ccnc4[nH]c(C5CCNCC5)cc34)cc2n1Cc1cccc(F)c1. The molecule has 1 fully saturated rings. The minimum Gasteiger partial charge on any atom is -0.343 e. The summed E-state index contributed by atoms with van der Waals surface area (Å²) in [5.74, 6) is -0.0520. The van der Waals surface area contributed by atoms with E-state index in [-0.39, 0.29) is 11.6 Å². The quantitative estimate of drug-likeness (QED) is 0.334. The molecule has 0 spiro atoms. The van der Waals surface area contributed by atoms with E-state index in [0.717, 1.165) is 64.7 Å². The van der Waals surface area contributed by atoms with E-state index in [0.29, 0.717) is 18.0 Å². The molecular formula is C28H26F2N4. The number of hydrogen-bond acceptors (Lipinski definition) is 2. The number of halogens is 2. The van der Waals surface area contributed by atoms with Crippen molar-refractivity contribution >= 4 is 21.9 Å². The first kappa shape index (κ1) is 21.1. The summed E-state index contributed by atoms with van der Waals surface area (Å²) in [5, 5.41) is 5.18. The normalized spacial score (nSPS) is 14.9. The molecule has 6 rings (SSSR count). The molecule has 1 aliphatic rings. The van der Waals surface area contributed by atoms with E-state index in [1.165, 1.54) is 11.8 Å². The number of nitrogens with zero attached hydrogens (tertiary/aromatic N) is 2. The molecule has 172 valence electrons. The highest BCUT2D eigenvalue weighted by atomic mass is 19.1. The van der Waals surface area contributed by atoms with Gasteiger partial charge >= 0.3 is 0 Å². The maximum absolute atomic E-state index is 15.4. The van der Waals surface area contributed by atoms with Gasteiger partial charge in [0, 0.05) is 51.9 Å². The van der Waals surface area contributed by atoms with E-state index >= 15 is 4.39 Å². The van der Waals surface area contributed by atoms with E-state index < -0.39 is 0 Å². The zero-order chi connectivity index (χ0) is 23.2. The fraction of sp³-hybridized carbons (Fsp3) is 0.250. The summed E-state index contributed by atoms with van der Waals surface area (Å²) in [6.45, 7) is 4.54. The van der Waals surface area contributed by atoms with E-state index in [9.17, 15) is 4.39 Å². The predicted octanol–water partition coefficient (Wildman–Crippen LogP) is 6.29. The van der Waals surface area contributed by atoms with Gasteiger partial charge in [-0.25, -0.2) is 13.8 Å². The molecule has 0 amide bonds. The maximum Gasteiger partial charge on any atom is 0.138 e. The summed E-state index contributed by atoms with van der Waals surface area (Å²) in [7, 11) is 0. The monoisotopic (exact) mass is 456 g/mol. The lowest BCUT2D eigenvalue weighted by molar-refractivity contribution is 0.455. The van der Waals surface area contributed by atoms with Crippen LogP contribution in [0, 0.1) is 18.6 Å². The van der Waals surface area contributed by atoms with Gasteiger partial charge in [0.1, 0.15) is 17.3 Å². The van der Waals surface area contributed by atoms with Gasteiger partial charge in [-0.05, 0) is 86.4 Å². The van der Waals surface area contributed by atoms with Crippen molar-refractivity contribution in [3.05, 3.63) is 89.4 Å². The van der Waals surface area contributed by atoms with Gasteiger partial charge < -0.3 is 14.9 Å². The second-order valence-electron chi connectivity index (χ2n) is 9.26. The van der Waals surface area contributed by atoms with Crippen molar-refractivity contribution in [2.45, 2.75) is 32.2 Å². The number of hydrogen-bond donors (Lipinski definition) is 2. The largest absolute Gasteiger partial charge is 0.343 e. The molecule has 4 heterocycles. The Morgan fingerprint density at radius 3 is 2.68 bits per heavy atom. The molecule has 4 nitrogen and oxygen atoms in total. The van der Waals surface area contributed by atoms with Crippen molar-refractivity contribution in [3.8, 4) is 11.1 Å². The molecule has 1 aliphatic heterocycles. The Hall–Kier alpha value is -3.51. The summed E-state index contributed by atoms with van der Waals surface area (Å²) in [5.41, 5.74) is 6.14. The summed E-state index contributed by atoms with van der Waals surface area (Å²) < 4.78 is 31.3. The number of piperidine rings is 1. The van der Waals surface area contributed by atoms with Crippen molar-refractivity contribution in [2.75, 3.05) is 13.1 Å². The molecular weight excluding hydrogens is 430 g/mol. The molecule has 3 aromatic heterocycles. The summed E-state index contributed by atoms with van der Waals surface area (Å²) >= 11 is 0. The van der Waals surface area contributed by atoms with Gasteiger partial charge in [0.15, 0.2) is 0 Å². The Morgan fingerprint density at radius 2 is 1.85 bits per heavy atom. The highest BCUT2D eigenvalue weighted by Gasteiger charge is 2.20. The van der Waals surface area contributed by atoms with Crippen molar-refractivity contribution in [3.63, 3.8) is 0 Å². The minimum absolute atomic E-state index is 0.255. The zero-order valence-electron chi connectivity index (χ0n) is 19.0. The third kappa shape index (κ3) is 3.68. The summed E-state index contributed by atoms with van der Waals surface area (Å²) in [4.78, 5) is 8.01. The van der Waals surface area contributed by atoms with Gasteiger partial charge in [0.05, 0.1) is 0 Å². The van der Waals surface area contributed by atoms with Crippen LogP contribution in [-0.2, 0) is 6.54 Å². The van der Waals surface area contributed by atoms with Crippen LogP contribution in [0.1, 0.15) is 35.7 Å². The molecule has 0 aliphatic carbocycles. The van der Waals surface area contributed by atoms with Crippen LogP contribution < -0.4 is 5.32 Å². The Labute approximate surface area is 196 Å². The van der Waals surface area contributed by atoms with E-state index in [1.54, 1.807) is 24.4 Å². The number of benzene rings is 2. The topological polar surface area (TPSA) is 45.6 Å². The lowest BCUT2D eigenvalue weighted by atomic mass is 9.94. The standard InChI is InChI=1S/C28H26F2N4/c1-17-11-20-13-25(30)23(15-27(20)34(17)16-18-3-2-4-21(29)12-18)22-7-10-32-28-24(22)14-26(33-28)19-5-8-31-9-6-19/h2-4,7,10-15,19,31H,5-6,8-9,16H2,1H3,(H,32,33). The molecule has 6 heteroatoms. The molecule has 0 saturated carbocycles. The maximum atomic E-state index is 15.4. The van der Waals surface area contributed by atoms with Gasteiger partial charge in [-0.2, -0.15) is 0 Å². The van der Waals surface area contributed by atoms with Crippen molar-refractivity contribution < 1.29 is 8.78 Å². The van der Waals surface area contributed by atoms with Crippen LogP contribution in [0.15, 0.2) is 60.8 Å². The van der Waals surface area contributed by atoms with Crippen molar-refractivity contribution in [1.29, 1.82) is 0 Å². The van der Waals surface area contributed by atoms with Crippen LogP contribution in [0.5, 0.6) is 0 Å². The highest BCUT2D eigenvalue weighted by molar-refractivity contribution is 5.96. The second-order valence-corrected chi connectivity index (χ2v) is 9.26. The first-order valence-electron chi connectivity index (χ1n) is 11.8. The van der Waals surface area contributed by atoms with Crippen LogP contribution in [-0.4, -0.2) is 27.6 Å². The van der Waals surface area contributed by atoms with Crippen LogP contribution in [0.25, 0.3) is 33.1 Å². The number of H-pyrrole nitrogens is 1. The Morgan fingerprint density at radius 1 is 1.00 bits per heavy atom. The van der Waals surface area contributed by atoms with Crippen LogP contribution in [0.4, 0.5) is 8.78 Å². The fourth-order valence-corrected chi connectivity index (χ4v) is 5.29. The third-order valence-electron chi connectivity index (χ3n) is 7.05. The van der Waals surface area contributed by atoms with E-state index in [1.807, 2.05) is 31.2 Å².